The van der Waals surface area contributed by atoms with Gasteiger partial charge in [0.05, 0.1) is 6.61 Å². The second kappa shape index (κ2) is 9.87. The molecule has 0 heterocycles. The molecule has 0 atom stereocenters. The molecule has 0 radical (unpaired) electrons. The molecule has 0 unspecified atom stereocenters. The fourth-order valence-corrected chi connectivity index (χ4v) is 6.13. The molecule has 1 aliphatic rings. The van der Waals surface area contributed by atoms with Crippen LogP contribution < -0.4 is 0 Å². The zero-order valence-electron chi connectivity index (χ0n) is 21.6. The summed E-state index contributed by atoms with van der Waals surface area (Å²) in [5.74, 6) is 0. The van der Waals surface area contributed by atoms with Crippen molar-refractivity contribution in [2.24, 2.45) is 0 Å². The zero-order valence-corrected chi connectivity index (χ0v) is 21.6. The molecule has 0 amide bonds. The Hall–Kier alpha value is -4.72. The fraction of sp³-hybridized carbons (Fsp3) is 0.0526. The van der Waals surface area contributed by atoms with Crippen LogP contribution in [-0.4, -0.2) is 5.11 Å². The molecule has 0 aliphatic heterocycles. The Morgan fingerprint density at radius 3 is 1.51 bits per heavy atom. The highest BCUT2D eigenvalue weighted by atomic mass is 16.3. The number of benzene rings is 6. The highest BCUT2D eigenvalue weighted by molar-refractivity contribution is 5.91. The van der Waals surface area contributed by atoms with Crippen LogP contribution in [-0.2, 0) is 13.0 Å². The minimum atomic E-state index is 0.0132. The van der Waals surface area contributed by atoms with Gasteiger partial charge in [-0.05, 0) is 78.7 Å². The van der Waals surface area contributed by atoms with E-state index in [1.165, 1.54) is 55.6 Å². The lowest BCUT2D eigenvalue weighted by molar-refractivity contribution is 0.281. The molecule has 1 aliphatic carbocycles. The second-order valence-electron chi connectivity index (χ2n) is 10.1. The first kappa shape index (κ1) is 23.4. The van der Waals surface area contributed by atoms with Gasteiger partial charge in [-0.2, -0.15) is 0 Å². The van der Waals surface area contributed by atoms with Gasteiger partial charge in [-0.15, -0.1) is 0 Å². The van der Waals surface area contributed by atoms with E-state index in [0.29, 0.717) is 0 Å². The maximum atomic E-state index is 10.7. The van der Waals surface area contributed by atoms with Gasteiger partial charge in [0.1, 0.15) is 0 Å². The predicted octanol–water partition coefficient (Wildman–Crippen LogP) is 9.42. The average molecular weight is 501 g/mol. The van der Waals surface area contributed by atoms with Gasteiger partial charge in [-0.3, -0.25) is 0 Å². The Kier molecular flexibility index (Phi) is 5.92. The molecule has 0 bridgehead atoms. The summed E-state index contributed by atoms with van der Waals surface area (Å²) < 4.78 is 0. The third-order valence-corrected chi connectivity index (χ3v) is 7.98. The highest BCUT2D eigenvalue weighted by Crippen LogP contribution is 2.45. The van der Waals surface area contributed by atoms with E-state index in [1.54, 1.807) is 0 Å². The van der Waals surface area contributed by atoms with E-state index in [1.807, 2.05) is 6.07 Å². The van der Waals surface area contributed by atoms with Gasteiger partial charge in [0, 0.05) is 0 Å². The molecule has 1 N–H and O–H groups in total. The van der Waals surface area contributed by atoms with Crippen molar-refractivity contribution < 1.29 is 5.11 Å². The number of aliphatic hydroxyl groups is 1. The van der Waals surface area contributed by atoms with Crippen molar-refractivity contribution in [3.8, 4) is 55.6 Å². The average Bonchev–Trinajstić information content (AvgIpc) is 3.39. The van der Waals surface area contributed by atoms with E-state index < -0.39 is 0 Å². The number of aliphatic hydroxyl groups excluding tert-OH is 1. The summed E-state index contributed by atoms with van der Waals surface area (Å²) in [6, 6.07) is 49.5. The third-order valence-electron chi connectivity index (χ3n) is 7.98. The Morgan fingerprint density at radius 2 is 0.897 bits per heavy atom. The molecule has 6 aromatic carbocycles. The molecule has 0 aromatic heterocycles. The molecule has 0 fully saturated rings. The largest absolute Gasteiger partial charge is 0.392 e. The Balaban J connectivity index is 1.32. The van der Waals surface area contributed by atoms with Crippen molar-refractivity contribution in [3.05, 3.63) is 156 Å². The van der Waals surface area contributed by atoms with Gasteiger partial charge in [0.15, 0.2) is 0 Å². The van der Waals surface area contributed by atoms with Crippen LogP contribution in [0.1, 0.15) is 16.7 Å². The Morgan fingerprint density at radius 1 is 0.410 bits per heavy atom. The first-order valence-electron chi connectivity index (χ1n) is 13.5. The minimum absolute atomic E-state index is 0.0132. The fourth-order valence-electron chi connectivity index (χ4n) is 6.13. The predicted molar refractivity (Wildman–Crippen MR) is 162 cm³/mol. The Labute approximate surface area is 229 Å². The SMILES string of the molecule is OCc1c(-c2ccccc2-c2ccccc2)ccc2c1Cc1cc(-c3ccccc3-c3ccccc3)ccc1-2. The van der Waals surface area contributed by atoms with Crippen molar-refractivity contribution in [2.75, 3.05) is 0 Å². The van der Waals surface area contributed by atoms with Gasteiger partial charge >= 0.3 is 0 Å². The van der Waals surface area contributed by atoms with Crippen LogP contribution in [0, 0.1) is 0 Å². The summed E-state index contributed by atoms with van der Waals surface area (Å²) in [5, 5.41) is 10.7. The molecule has 186 valence electrons. The Bertz CT molecular complexity index is 1800. The molecule has 0 saturated heterocycles. The van der Waals surface area contributed by atoms with E-state index in [-0.39, 0.29) is 6.61 Å². The first-order chi connectivity index (χ1) is 19.3. The van der Waals surface area contributed by atoms with Gasteiger partial charge in [0.25, 0.3) is 0 Å². The number of hydrogen-bond donors (Lipinski definition) is 1. The lowest BCUT2D eigenvalue weighted by Gasteiger charge is -2.16. The maximum Gasteiger partial charge on any atom is 0.0690 e. The van der Waals surface area contributed by atoms with E-state index in [4.69, 9.17) is 0 Å². The number of hydrogen-bond acceptors (Lipinski definition) is 1. The molecule has 39 heavy (non-hydrogen) atoms. The molecular weight excluding hydrogens is 472 g/mol. The summed E-state index contributed by atoms with van der Waals surface area (Å²) in [7, 11) is 0. The molecule has 0 spiro atoms. The molecule has 1 heteroatoms. The first-order valence-corrected chi connectivity index (χ1v) is 13.5. The van der Waals surface area contributed by atoms with E-state index >= 15 is 0 Å². The summed E-state index contributed by atoms with van der Waals surface area (Å²) in [6.07, 6.45) is 0.823. The van der Waals surface area contributed by atoms with Gasteiger partial charge in [-0.1, -0.05) is 140 Å². The number of fused-ring (bicyclic) bond motifs is 3. The van der Waals surface area contributed by atoms with Crippen LogP contribution in [0.5, 0.6) is 0 Å². The van der Waals surface area contributed by atoms with Crippen molar-refractivity contribution in [2.45, 2.75) is 13.0 Å². The van der Waals surface area contributed by atoms with Crippen LogP contribution in [0.4, 0.5) is 0 Å². The minimum Gasteiger partial charge on any atom is -0.392 e. The second-order valence-corrected chi connectivity index (χ2v) is 10.1. The molecular formula is C38H28O. The standard InChI is InChI=1S/C38H28O/c39-25-38-36(34-18-10-9-16-31(34)27-13-5-2-6-14-27)22-21-35-33-20-19-28(23-29(33)24-37(35)38)32-17-8-7-15-30(32)26-11-3-1-4-12-26/h1-23,39H,24-25H2. The quantitative estimate of drug-likeness (QED) is 0.250. The van der Waals surface area contributed by atoms with E-state index in [0.717, 1.165) is 23.1 Å². The lowest BCUT2D eigenvalue weighted by atomic mass is 9.88. The summed E-state index contributed by atoms with van der Waals surface area (Å²) >= 11 is 0. The molecule has 7 rings (SSSR count). The van der Waals surface area contributed by atoms with Gasteiger partial charge in [-0.25, -0.2) is 0 Å². The van der Waals surface area contributed by atoms with E-state index in [9.17, 15) is 5.11 Å². The molecule has 6 aromatic rings. The third kappa shape index (κ3) is 4.09. The monoisotopic (exact) mass is 500 g/mol. The van der Waals surface area contributed by atoms with Crippen LogP contribution >= 0.6 is 0 Å². The van der Waals surface area contributed by atoms with Gasteiger partial charge in [0.2, 0.25) is 0 Å². The van der Waals surface area contributed by atoms with Crippen LogP contribution in [0.25, 0.3) is 55.6 Å². The maximum absolute atomic E-state index is 10.7. The van der Waals surface area contributed by atoms with Crippen molar-refractivity contribution in [1.29, 1.82) is 0 Å². The van der Waals surface area contributed by atoms with Crippen LogP contribution in [0.2, 0.25) is 0 Å². The zero-order chi connectivity index (χ0) is 26.2. The molecule has 1 nitrogen and oxygen atoms in total. The van der Waals surface area contributed by atoms with Crippen molar-refractivity contribution in [1.82, 2.24) is 0 Å². The molecule has 0 saturated carbocycles. The highest BCUT2D eigenvalue weighted by Gasteiger charge is 2.25. The van der Waals surface area contributed by atoms with E-state index in [2.05, 4.69) is 133 Å². The normalized spacial score (nSPS) is 11.7. The number of rotatable bonds is 5. The van der Waals surface area contributed by atoms with Crippen LogP contribution in [0.15, 0.2) is 140 Å². The van der Waals surface area contributed by atoms with Gasteiger partial charge < -0.3 is 5.11 Å². The summed E-state index contributed by atoms with van der Waals surface area (Å²) in [5.41, 5.74) is 15.6. The summed E-state index contributed by atoms with van der Waals surface area (Å²) in [4.78, 5) is 0. The van der Waals surface area contributed by atoms with Crippen LogP contribution in [0.3, 0.4) is 0 Å². The van der Waals surface area contributed by atoms with Crippen molar-refractivity contribution >= 4 is 0 Å². The summed E-state index contributed by atoms with van der Waals surface area (Å²) in [6.45, 7) is 0.0132. The van der Waals surface area contributed by atoms with Crippen molar-refractivity contribution in [3.63, 3.8) is 0 Å². The topological polar surface area (TPSA) is 20.2 Å². The lowest BCUT2D eigenvalue weighted by Crippen LogP contribution is -1.98. The smallest absolute Gasteiger partial charge is 0.0690 e.